The molecule has 0 atom stereocenters. The molecule has 0 aliphatic heterocycles. The van der Waals surface area contributed by atoms with Crippen molar-refractivity contribution in [3.63, 3.8) is 0 Å². The molecule has 0 unspecified atom stereocenters. The van der Waals surface area contributed by atoms with Gasteiger partial charge in [0.2, 0.25) is 5.78 Å². The van der Waals surface area contributed by atoms with Gasteiger partial charge in [0.25, 0.3) is 0 Å². The highest BCUT2D eigenvalue weighted by Gasteiger charge is 2.05. The van der Waals surface area contributed by atoms with Gasteiger partial charge in [0.15, 0.2) is 0 Å². The first-order chi connectivity index (χ1) is 12.8. The summed E-state index contributed by atoms with van der Waals surface area (Å²) >= 11 is 0. The van der Waals surface area contributed by atoms with E-state index >= 15 is 0 Å². The molecule has 2 aromatic heterocycles. The monoisotopic (exact) mass is 337 g/mol. The van der Waals surface area contributed by atoms with Crippen molar-refractivity contribution in [1.29, 1.82) is 0 Å². The third-order valence-electron chi connectivity index (χ3n) is 4.04. The van der Waals surface area contributed by atoms with Crippen molar-refractivity contribution in [2.45, 2.75) is 0 Å². The fourth-order valence-corrected chi connectivity index (χ4v) is 2.68. The zero-order valence-corrected chi connectivity index (χ0v) is 13.9. The number of pyridine rings is 1. The Morgan fingerprint density at radius 2 is 1.58 bits per heavy atom. The normalized spacial score (nSPS) is 11.1. The molecule has 4 aromatic rings. The van der Waals surface area contributed by atoms with E-state index in [1.54, 1.807) is 30.7 Å². The lowest BCUT2D eigenvalue weighted by atomic mass is 10.1. The molecular weight excluding hydrogens is 322 g/mol. The first-order valence-corrected chi connectivity index (χ1v) is 8.24. The second kappa shape index (κ2) is 7.07. The molecule has 4 rings (SSSR count). The molecule has 0 radical (unpaired) electrons. The maximum atomic E-state index is 12.4. The fourth-order valence-electron chi connectivity index (χ4n) is 2.68. The van der Waals surface area contributed by atoms with Crippen LogP contribution in [0.5, 0.6) is 0 Å². The van der Waals surface area contributed by atoms with Crippen LogP contribution in [0.1, 0.15) is 16.1 Å². The van der Waals surface area contributed by atoms with Crippen LogP contribution >= 0.6 is 0 Å². The van der Waals surface area contributed by atoms with Crippen LogP contribution in [0.25, 0.3) is 28.2 Å². The summed E-state index contributed by atoms with van der Waals surface area (Å²) in [6.07, 6.45) is 8.33. The Morgan fingerprint density at radius 3 is 2.35 bits per heavy atom. The van der Waals surface area contributed by atoms with Gasteiger partial charge in [-0.25, -0.2) is 0 Å². The molecule has 0 amide bonds. The Hall–Kier alpha value is -3.66. The van der Waals surface area contributed by atoms with E-state index in [1.165, 1.54) is 6.08 Å². The number of ketones is 1. The summed E-state index contributed by atoms with van der Waals surface area (Å²) in [6.45, 7) is 0. The topological polar surface area (TPSA) is 55.7 Å². The molecule has 0 aliphatic carbocycles. The molecule has 124 valence electrons. The van der Waals surface area contributed by atoms with Crippen LogP contribution in [0, 0.1) is 0 Å². The van der Waals surface area contributed by atoms with E-state index in [-0.39, 0.29) is 5.78 Å². The molecule has 0 saturated carbocycles. The van der Waals surface area contributed by atoms with Crippen molar-refractivity contribution in [2.24, 2.45) is 0 Å². The number of rotatable bonds is 4. The van der Waals surface area contributed by atoms with E-state index in [9.17, 15) is 4.79 Å². The number of benzene rings is 2. The van der Waals surface area contributed by atoms with Gasteiger partial charge in [-0.2, -0.15) is 0 Å². The van der Waals surface area contributed by atoms with Gasteiger partial charge in [-0.3, -0.25) is 19.7 Å². The van der Waals surface area contributed by atoms with Crippen LogP contribution in [-0.4, -0.2) is 20.7 Å². The number of carbonyl (C=O) groups excluding carboxylic acids is 1. The highest BCUT2D eigenvalue weighted by Crippen LogP contribution is 2.18. The summed E-state index contributed by atoms with van der Waals surface area (Å²) < 4.78 is 0. The second-order valence-corrected chi connectivity index (χ2v) is 5.80. The summed E-state index contributed by atoms with van der Waals surface area (Å²) in [7, 11) is 0. The summed E-state index contributed by atoms with van der Waals surface area (Å²) in [5, 5.41) is 0. The Balaban J connectivity index is 1.52. The molecule has 0 N–H and O–H groups in total. The molecule has 26 heavy (non-hydrogen) atoms. The van der Waals surface area contributed by atoms with Crippen molar-refractivity contribution in [3.8, 4) is 11.1 Å². The number of allylic oxidation sites excluding steroid dienone is 1. The molecule has 2 heterocycles. The van der Waals surface area contributed by atoms with Gasteiger partial charge in [0, 0.05) is 24.2 Å². The minimum absolute atomic E-state index is 0.135. The molecule has 0 fully saturated rings. The van der Waals surface area contributed by atoms with E-state index in [0.717, 1.165) is 27.7 Å². The number of hydrogen-bond donors (Lipinski definition) is 0. The predicted octanol–water partition coefficient (Wildman–Crippen LogP) is 4.59. The first kappa shape index (κ1) is 15.8. The predicted molar refractivity (Wildman–Crippen MR) is 103 cm³/mol. The van der Waals surface area contributed by atoms with Crippen molar-refractivity contribution in [3.05, 3.63) is 96.6 Å². The Kier molecular flexibility index (Phi) is 4.31. The number of carbonyl (C=O) groups is 1. The fraction of sp³-hybridized carbons (Fsp3) is 0. The smallest absolute Gasteiger partial charge is 0.204 e. The lowest BCUT2D eigenvalue weighted by Gasteiger charge is -2.02. The van der Waals surface area contributed by atoms with Gasteiger partial charge in [0.1, 0.15) is 5.69 Å². The number of nitrogens with zero attached hydrogens (tertiary/aromatic N) is 3. The summed E-state index contributed by atoms with van der Waals surface area (Å²) in [4.78, 5) is 25.2. The lowest BCUT2D eigenvalue weighted by molar-refractivity contribution is 0.104. The van der Waals surface area contributed by atoms with Gasteiger partial charge < -0.3 is 0 Å². The van der Waals surface area contributed by atoms with Gasteiger partial charge in [0.05, 0.1) is 11.0 Å². The summed E-state index contributed by atoms with van der Waals surface area (Å²) in [5.74, 6) is -0.135. The SMILES string of the molecule is O=C(/C=C/c1ccc2nccnc2c1)c1ccc(-c2ccccc2)cn1. The minimum atomic E-state index is -0.135. The maximum absolute atomic E-state index is 12.4. The van der Waals surface area contributed by atoms with Gasteiger partial charge >= 0.3 is 0 Å². The van der Waals surface area contributed by atoms with Gasteiger partial charge in [-0.15, -0.1) is 0 Å². The molecule has 0 bridgehead atoms. The van der Waals surface area contributed by atoms with Crippen LogP contribution in [0.4, 0.5) is 0 Å². The average Bonchev–Trinajstić information content (AvgIpc) is 2.72. The van der Waals surface area contributed by atoms with Crippen LogP contribution in [0.3, 0.4) is 0 Å². The van der Waals surface area contributed by atoms with Gasteiger partial charge in [-0.05, 0) is 35.4 Å². The zero-order chi connectivity index (χ0) is 17.8. The van der Waals surface area contributed by atoms with Crippen LogP contribution in [0.2, 0.25) is 0 Å². The van der Waals surface area contributed by atoms with E-state index in [1.807, 2.05) is 54.6 Å². The van der Waals surface area contributed by atoms with E-state index in [0.29, 0.717) is 5.69 Å². The third-order valence-corrected chi connectivity index (χ3v) is 4.04. The summed E-state index contributed by atoms with van der Waals surface area (Å²) in [6, 6.07) is 19.3. The highest BCUT2D eigenvalue weighted by molar-refractivity contribution is 6.05. The molecule has 2 aromatic carbocycles. The Labute approximate surface area is 150 Å². The number of hydrogen-bond acceptors (Lipinski definition) is 4. The molecule has 0 aliphatic rings. The maximum Gasteiger partial charge on any atom is 0.204 e. The second-order valence-electron chi connectivity index (χ2n) is 5.80. The Morgan fingerprint density at radius 1 is 0.769 bits per heavy atom. The van der Waals surface area contributed by atoms with E-state index in [2.05, 4.69) is 15.0 Å². The molecule has 0 spiro atoms. The van der Waals surface area contributed by atoms with E-state index in [4.69, 9.17) is 0 Å². The van der Waals surface area contributed by atoms with Crippen LogP contribution < -0.4 is 0 Å². The van der Waals surface area contributed by atoms with E-state index < -0.39 is 0 Å². The largest absolute Gasteiger partial charge is 0.288 e. The van der Waals surface area contributed by atoms with Crippen molar-refractivity contribution in [2.75, 3.05) is 0 Å². The third kappa shape index (κ3) is 3.39. The minimum Gasteiger partial charge on any atom is -0.288 e. The van der Waals surface area contributed by atoms with Crippen molar-refractivity contribution in [1.82, 2.24) is 15.0 Å². The zero-order valence-electron chi connectivity index (χ0n) is 13.9. The molecular formula is C22H15N3O. The highest BCUT2D eigenvalue weighted by atomic mass is 16.1. The van der Waals surface area contributed by atoms with Crippen molar-refractivity contribution >= 4 is 22.9 Å². The van der Waals surface area contributed by atoms with Crippen LogP contribution in [-0.2, 0) is 0 Å². The van der Waals surface area contributed by atoms with Crippen molar-refractivity contribution < 1.29 is 4.79 Å². The number of fused-ring (bicyclic) bond motifs is 1. The van der Waals surface area contributed by atoms with Crippen LogP contribution in [0.15, 0.2) is 85.3 Å². The quantitative estimate of drug-likeness (QED) is 0.404. The van der Waals surface area contributed by atoms with Gasteiger partial charge in [-0.1, -0.05) is 48.5 Å². The molecule has 0 saturated heterocycles. The Bertz CT molecular complexity index is 1090. The lowest BCUT2D eigenvalue weighted by Crippen LogP contribution is -1.97. The first-order valence-electron chi connectivity index (χ1n) is 8.24. The average molecular weight is 337 g/mol. The summed E-state index contributed by atoms with van der Waals surface area (Å²) in [5.41, 5.74) is 5.00. The number of aromatic nitrogens is 3. The molecule has 4 nitrogen and oxygen atoms in total. The standard InChI is InChI=1S/C22H15N3O/c26-22(11-7-16-6-9-19-21(14-16)24-13-12-23-19)20-10-8-18(15-25-20)17-4-2-1-3-5-17/h1-15H/b11-7+. The molecule has 4 heteroatoms.